The van der Waals surface area contributed by atoms with Crippen LogP contribution in [0.1, 0.15) is 54.6 Å². The molecule has 24 heavy (non-hydrogen) atoms. The van der Waals surface area contributed by atoms with Gasteiger partial charge in [0.1, 0.15) is 11.5 Å². The number of aromatic nitrogens is 1. The van der Waals surface area contributed by atoms with Crippen LogP contribution in [0.4, 0.5) is 5.69 Å². The molecule has 128 valence electrons. The third-order valence-electron chi connectivity index (χ3n) is 4.88. The molecule has 0 fully saturated rings. The van der Waals surface area contributed by atoms with Gasteiger partial charge in [0.15, 0.2) is 5.69 Å². The number of carbonyl (C=O) groups is 1. The number of nitrogens with one attached hydrogen (secondary N) is 1. The van der Waals surface area contributed by atoms with Gasteiger partial charge in [-0.15, -0.1) is 0 Å². The van der Waals surface area contributed by atoms with E-state index in [1.54, 1.807) is 18.2 Å². The van der Waals surface area contributed by atoms with Gasteiger partial charge in [-0.25, -0.2) is 0 Å². The lowest BCUT2D eigenvalue weighted by atomic mass is 9.71. The fourth-order valence-corrected chi connectivity index (χ4v) is 3.25. The molecule has 1 aliphatic rings. The Labute approximate surface area is 142 Å². The van der Waals surface area contributed by atoms with E-state index in [1.807, 2.05) is 6.92 Å². The van der Waals surface area contributed by atoms with Crippen molar-refractivity contribution in [1.82, 2.24) is 5.16 Å². The number of hydrogen-bond donors (Lipinski definition) is 2. The Morgan fingerprint density at radius 2 is 2.12 bits per heavy atom. The topological polar surface area (TPSA) is 75.4 Å². The number of fused-ring (bicyclic) bond motifs is 1. The van der Waals surface area contributed by atoms with Gasteiger partial charge in [-0.05, 0) is 48.8 Å². The minimum absolute atomic E-state index is 0.0406. The van der Waals surface area contributed by atoms with Crippen molar-refractivity contribution in [2.75, 3.05) is 5.32 Å². The first-order valence-corrected chi connectivity index (χ1v) is 8.34. The van der Waals surface area contributed by atoms with Crippen molar-refractivity contribution in [1.29, 1.82) is 0 Å². The molecule has 1 aliphatic carbocycles. The van der Waals surface area contributed by atoms with E-state index in [1.165, 1.54) is 0 Å². The number of anilines is 1. The highest BCUT2D eigenvalue weighted by atomic mass is 16.5. The van der Waals surface area contributed by atoms with Crippen LogP contribution in [0, 0.1) is 18.3 Å². The van der Waals surface area contributed by atoms with Gasteiger partial charge in [-0.1, -0.05) is 32.0 Å². The Kier molecular flexibility index (Phi) is 4.11. The summed E-state index contributed by atoms with van der Waals surface area (Å²) in [6, 6.07) is 5.09. The number of hydrogen-bond acceptors (Lipinski definition) is 4. The number of benzene rings is 1. The summed E-state index contributed by atoms with van der Waals surface area (Å²) < 4.78 is 5.39. The first kappa shape index (κ1) is 16.6. The fourth-order valence-electron chi connectivity index (χ4n) is 3.25. The zero-order valence-corrected chi connectivity index (χ0v) is 14.6. The second-order valence-electron chi connectivity index (χ2n) is 7.71. The number of phenols is 1. The molecule has 2 N–H and O–H groups in total. The summed E-state index contributed by atoms with van der Waals surface area (Å²) in [6.07, 6.45) is 2.66. The minimum atomic E-state index is -0.338. The molecule has 5 nitrogen and oxygen atoms in total. The van der Waals surface area contributed by atoms with Crippen LogP contribution < -0.4 is 5.32 Å². The summed E-state index contributed by atoms with van der Waals surface area (Å²) in [6.45, 7) is 8.57. The molecule has 0 saturated heterocycles. The van der Waals surface area contributed by atoms with Crippen molar-refractivity contribution in [3.05, 3.63) is 40.8 Å². The van der Waals surface area contributed by atoms with Gasteiger partial charge < -0.3 is 14.9 Å². The molecule has 0 spiro atoms. The molecule has 1 aromatic carbocycles. The predicted octanol–water partition coefficient (Wildman–Crippen LogP) is 4.09. The van der Waals surface area contributed by atoms with Crippen LogP contribution in [0.25, 0.3) is 0 Å². The minimum Gasteiger partial charge on any atom is -0.506 e. The molecule has 1 atom stereocenters. The van der Waals surface area contributed by atoms with E-state index >= 15 is 0 Å². The average molecular weight is 328 g/mol. The van der Waals surface area contributed by atoms with Crippen LogP contribution in [-0.2, 0) is 12.8 Å². The van der Waals surface area contributed by atoms with Crippen molar-refractivity contribution in [3.63, 3.8) is 0 Å². The molecule has 0 saturated carbocycles. The van der Waals surface area contributed by atoms with E-state index < -0.39 is 0 Å². The monoisotopic (exact) mass is 328 g/mol. The largest absolute Gasteiger partial charge is 0.506 e. The lowest BCUT2D eigenvalue weighted by Crippen LogP contribution is -2.27. The van der Waals surface area contributed by atoms with Gasteiger partial charge in [-0.2, -0.15) is 0 Å². The van der Waals surface area contributed by atoms with Crippen LogP contribution in [0.5, 0.6) is 5.75 Å². The Morgan fingerprint density at radius 3 is 2.83 bits per heavy atom. The first-order valence-electron chi connectivity index (χ1n) is 8.34. The molecule has 3 rings (SSSR count). The molecular weight excluding hydrogens is 304 g/mol. The molecule has 0 radical (unpaired) electrons. The summed E-state index contributed by atoms with van der Waals surface area (Å²) >= 11 is 0. The summed E-state index contributed by atoms with van der Waals surface area (Å²) in [5, 5.41) is 16.6. The lowest BCUT2D eigenvalue weighted by Gasteiger charge is -2.33. The van der Waals surface area contributed by atoms with Crippen molar-refractivity contribution >= 4 is 11.6 Å². The second kappa shape index (κ2) is 5.96. The normalized spacial score (nSPS) is 17.4. The van der Waals surface area contributed by atoms with E-state index in [4.69, 9.17) is 4.52 Å². The highest BCUT2D eigenvalue weighted by Crippen LogP contribution is 2.38. The molecule has 5 heteroatoms. The average Bonchev–Trinajstić information content (AvgIpc) is 2.93. The third kappa shape index (κ3) is 3.16. The number of aromatic hydroxyl groups is 1. The van der Waals surface area contributed by atoms with E-state index in [0.29, 0.717) is 17.3 Å². The van der Waals surface area contributed by atoms with Gasteiger partial charge in [-0.3, -0.25) is 4.79 Å². The van der Waals surface area contributed by atoms with Crippen LogP contribution in [0.15, 0.2) is 22.7 Å². The molecule has 1 amide bonds. The van der Waals surface area contributed by atoms with Gasteiger partial charge in [0.2, 0.25) is 0 Å². The molecular formula is C19H24N2O3. The summed E-state index contributed by atoms with van der Waals surface area (Å²) in [4.78, 5) is 12.6. The van der Waals surface area contributed by atoms with Crippen LogP contribution in [0.3, 0.4) is 0 Å². The number of phenolic OH excluding ortho intramolecular Hbond substituents is 1. The van der Waals surface area contributed by atoms with Gasteiger partial charge in [0.05, 0.1) is 5.69 Å². The number of nitrogens with zero attached hydrogens (tertiary/aromatic N) is 1. The highest BCUT2D eigenvalue weighted by molar-refractivity contribution is 6.04. The standard InChI is InChI=1S/C19H24N2O3/c1-11-5-7-15(22)14(9-11)20-18(23)17-13-10-12(19(2,3)4)6-8-16(13)24-21-17/h5,7,9,12,22H,6,8,10H2,1-4H3,(H,20,23)/t12-/m1/s1. The molecule has 1 aromatic heterocycles. The van der Waals surface area contributed by atoms with Crippen LogP contribution >= 0.6 is 0 Å². The number of rotatable bonds is 2. The number of aryl methyl sites for hydroxylation is 2. The molecule has 1 heterocycles. The summed E-state index contributed by atoms with van der Waals surface area (Å²) in [5.41, 5.74) is 2.76. The second-order valence-corrected chi connectivity index (χ2v) is 7.71. The van der Waals surface area contributed by atoms with Crippen molar-refractivity contribution in [3.8, 4) is 5.75 Å². The van der Waals surface area contributed by atoms with Crippen LogP contribution in [0.2, 0.25) is 0 Å². The molecule has 0 bridgehead atoms. The van der Waals surface area contributed by atoms with Gasteiger partial charge in [0.25, 0.3) is 5.91 Å². The third-order valence-corrected chi connectivity index (χ3v) is 4.88. The maximum absolute atomic E-state index is 12.6. The molecule has 2 aromatic rings. The van der Waals surface area contributed by atoms with Crippen molar-refractivity contribution in [2.45, 2.75) is 47.0 Å². The Morgan fingerprint density at radius 1 is 1.38 bits per heavy atom. The van der Waals surface area contributed by atoms with E-state index in [2.05, 4.69) is 31.2 Å². The zero-order valence-electron chi connectivity index (χ0n) is 14.6. The van der Waals surface area contributed by atoms with Gasteiger partial charge in [0, 0.05) is 12.0 Å². The summed E-state index contributed by atoms with van der Waals surface area (Å²) in [7, 11) is 0. The lowest BCUT2D eigenvalue weighted by molar-refractivity contribution is 0.101. The maximum Gasteiger partial charge on any atom is 0.278 e. The highest BCUT2D eigenvalue weighted by Gasteiger charge is 2.34. The summed E-state index contributed by atoms with van der Waals surface area (Å²) in [5.74, 6) is 1.01. The van der Waals surface area contributed by atoms with E-state index in [0.717, 1.165) is 36.1 Å². The quantitative estimate of drug-likeness (QED) is 0.814. The predicted molar refractivity (Wildman–Crippen MR) is 92.3 cm³/mol. The zero-order chi connectivity index (χ0) is 17.5. The fraction of sp³-hybridized carbons (Fsp3) is 0.474. The first-order chi connectivity index (χ1) is 11.3. The van der Waals surface area contributed by atoms with Crippen molar-refractivity contribution < 1.29 is 14.4 Å². The number of carbonyl (C=O) groups excluding carboxylic acids is 1. The van der Waals surface area contributed by atoms with E-state index in [-0.39, 0.29) is 17.1 Å². The Balaban J connectivity index is 1.85. The molecule has 0 aliphatic heterocycles. The Bertz CT molecular complexity index is 771. The van der Waals surface area contributed by atoms with Crippen molar-refractivity contribution in [2.24, 2.45) is 11.3 Å². The SMILES string of the molecule is Cc1ccc(O)c(NC(=O)c2noc3c2C[C@H](C(C)(C)C)CC3)c1. The smallest absolute Gasteiger partial charge is 0.278 e. The van der Waals surface area contributed by atoms with E-state index in [9.17, 15) is 9.90 Å². The number of amides is 1. The van der Waals surface area contributed by atoms with Crippen LogP contribution in [-0.4, -0.2) is 16.2 Å². The maximum atomic E-state index is 12.6. The Hall–Kier alpha value is -2.30. The molecule has 0 unspecified atom stereocenters. The van der Waals surface area contributed by atoms with Gasteiger partial charge >= 0.3 is 0 Å².